The first-order valence-electron chi connectivity index (χ1n) is 7.21. The number of nitrogens with zero attached hydrogens (tertiary/aromatic N) is 2. The summed E-state index contributed by atoms with van der Waals surface area (Å²) in [6.45, 7) is -3.00. The van der Waals surface area contributed by atoms with Gasteiger partial charge in [-0.3, -0.25) is 4.79 Å². The van der Waals surface area contributed by atoms with Crippen LogP contribution in [0.1, 0.15) is 10.4 Å². The van der Waals surface area contributed by atoms with Gasteiger partial charge in [-0.05, 0) is 12.1 Å². The lowest BCUT2D eigenvalue weighted by atomic mass is 10.1. The third-order valence-electron chi connectivity index (χ3n) is 3.67. The summed E-state index contributed by atoms with van der Waals surface area (Å²) in [6, 6.07) is 14.2. The first kappa shape index (κ1) is 15.9. The van der Waals surface area contributed by atoms with Crippen LogP contribution in [0.3, 0.4) is 0 Å². The highest BCUT2D eigenvalue weighted by Crippen LogP contribution is 2.30. The first-order valence-corrected chi connectivity index (χ1v) is 7.21. The van der Waals surface area contributed by atoms with Crippen LogP contribution in [0.5, 0.6) is 5.75 Å². The van der Waals surface area contributed by atoms with Crippen molar-refractivity contribution in [2.24, 2.45) is 7.05 Å². The van der Waals surface area contributed by atoms with Crippen LogP contribution in [0.2, 0.25) is 0 Å². The number of hydrogen-bond donors (Lipinski definition) is 0. The highest BCUT2D eigenvalue weighted by Gasteiger charge is 2.14. The molecule has 0 fully saturated rings. The Hall–Kier alpha value is -3.02. The average molecular weight is 328 g/mol. The van der Waals surface area contributed by atoms with Gasteiger partial charge in [0.25, 0.3) is 0 Å². The zero-order valence-corrected chi connectivity index (χ0v) is 12.8. The van der Waals surface area contributed by atoms with Crippen molar-refractivity contribution < 1.29 is 18.3 Å². The van der Waals surface area contributed by atoms with Gasteiger partial charge in [0.2, 0.25) is 0 Å². The molecule has 2 aromatic carbocycles. The van der Waals surface area contributed by atoms with Gasteiger partial charge in [0.1, 0.15) is 11.6 Å². The molecule has 0 spiro atoms. The van der Waals surface area contributed by atoms with E-state index in [9.17, 15) is 13.6 Å². The summed E-state index contributed by atoms with van der Waals surface area (Å²) in [7, 11) is 1.84. The molecule has 0 aliphatic heterocycles. The molecule has 0 aliphatic carbocycles. The molecule has 0 atom stereocenters. The van der Waals surface area contributed by atoms with Gasteiger partial charge in [0.15, 0.2) is 6.29 Å². The topological polar surface area (TPSA) is 44.1 Å². The molecule has 4 nitrogen and oxygen atoms in total. The normalized spacial score (nSPS) is 10.8. The fourth-order valence-corrected chi connectivity index (χ4v) is 2.52. The fourth-order valence-electron chi connectivity index (χ4n) is 2.52. The number of rotatable bonds is 5. The molecule has 122 valence electrons. The number of imidazole rings is 1. The summed E-state index contributed by atoms with van der Waals surface area (Å²) in [6.07, 6.45) is 2.14. The Morgan fingerprint density at radius 1 is 1.12 bits per heavy atom. The zero-order valence-electron chi connectivity index (χ0n) is 12.8. The number of benzene rings is 2. The number of halogens is 2. The Bertz CT molecular complexity index is 861. The maximum absolute atomic E-state index is 12.5. The van der Waals surface area contributed by atoms with Crippen molar-refractivity contribution in [3.63, 3.8) is 0 Å². The van der Waals surface area contributed by atoms with Gasteiger partial charge in [0.05, 0.1) is 17.5 Å². The Labute approximate surface area is 137 Å². The number of hydrogen-bond acceptors (Lipinski definition) is 3. The van der Waals surface area contributed by atoms with E-state index >= 15 is 0 Å². The summed E-state index contributed by atoms with van der Waals surface area (Å²) in [4.78, 5) is 15.4. The number of carbonyl (C=O) groups is 1. The molecule has 0 saturated carbocycles. The second-order valence-electron chi connectivity index (χ2n) is 5.14. The molecular weight excluding hydrogens is 314 g/mol. The third kappa shape index (κ3) is 3.03. The van der Waals surface area contributed by atoms with Gasteiger partial charge in [0, 0.05) is 18.2 Å². The summed E-state index contributed by atoms with van der Waals surface area (Å²) < 4.78 is 31.3. The zero-order chi connectivity index (χ0) is 17.1. The highest BCUT2D eigenvalue weighted by atomic mass is 19.3. The van der Waals surface area contributed by atoms with Crippen molar-refractivity contribution >= 4 is 6.29 Å². The lowest BCUT2D eigenvalue weighted by Gasteiger charge is -2.10. The lowest BCUT2D eigenvalue weighted by Crippen LogP contribution is -2.04. The van der Waals surface area contributed by atoms with E-state index in [0.29, 0.717) is 11.8 Å². The van der Waals surface area contributed by atoms with Crippen molar-refractivity contribution in [1.82, 2.24) is 9.55 Å². The van der Waals surface area contributed by atoms with Crippen LogP contribution in [-0.2, 0) is 7.05 Å². The molecule has 3 aromatic rings. The van der Waals surface area contributed by atoms with Crippen LogP contribution in [-0.4, -0.2) is 22.4 Å². The molecule has 1 heterocycles. The van der Waals surface area contributed by atoms with Crippen molar-refractivity contribution in [3.8, 4) is 28.4 Å². The van der Waals surface area contributed by atoms with E-state index in [1.54, 1.807) is 12.3 Å². The van der Waals surface area contributed by atoms with E-state index in [1.165, 1.54) is 12.1 Å². The highest BCUT2D eigenvalue weighted by molar-refractivity contribution is 5.81. The maximum atomic E-state index is 12.5. The summed E-state index contributed by atoms with van der Waals surface area (Å²) in [5.41, 5.74) is 2.38. The summed E-state index contributed by atoms with van der Waals surface area (Å²) >= 11 is 0. The van der Waals surface area contributed by atoms with Gasteiger partial charge in [-0.2, -0.15) is 8.78 Å². The van der Waals surface area contributed by atoms with Gasteiger partial charge >= 0.3 is 6.61 Å². The van der Waals surface area contributed by atoms with Crippen molar-refractivity contribution in [2.45, 2.75) is 6.61 Å². The standard InChI is InChI=1S/C18H14F2N2O2/c1-22-15(10-21-17(22)12-5-3-2-4-6-12)13-7-8-14(11-23)16(9-13)24-18(19)20/h2-11,18H,1H3. The smallest absolute Gasteiger partial charge is 0.387 e. The van der Waals surface area contributed by atoms with Crippen molar-refractivity contribution in [3.05, 3.63) is 60.3 Å². The molecule has 3 rings (SSSR count). The van der Waals surface area contributed by atoms with Gasteiger partial charge in [-0.1, -0.05) is 36.4 Å². The minimum Gasteiger partial charge on any atom is -0.434 e. The molecule has 6 heteroatoms. The van der Waals surface area contributed by atoms with Crippen LogP contribution in [0.4, 0.5) is 8.78 Å². The van der Waals surface area contributed by atoms with Crippen LogP contribution in [0.15, 0.2) is 54.7 Å². The molecule has 0 saturated heterocycles. The molecule has 0 N–H and O–H groups in total. The van der Waals surface area contributed by atoms with Crippen molar-refractivity contribution in [1.29, 1.82) is 0 Å². The Morgan fingerprint density at radius 3 is 2.54 bits per heavy atom. The number of ether oxygens (including phenoxy) is 1. The Morgan fingerprint density at radius 2 is 1.88 bits per heavy atom. The number of carbonyl (C=O) groups excluding carboxylic acids is 1. The number of aromatic nitrogens is 2. The minimum atomic E-state index is -3.00. The quantitative estimate of drug-likeness (QED) is 0.660. The monoisotopic (exact) mass is 328 g/mol. The van der Waals surface area contributed by atoms with Crippen LogP contribution in [0.25, 0.3) is 22.6 Å². The van der Waals surface area contributed by atoms with Crippen LogP contribution < -0.4 is 4.74 Å². The van der Waals surface area contributed by atoms with E-state index < -0.39 is 6.61 Å². The van der Waals surface area contributed by atoms with E-state index in [2.05, 4.69) is 9.72 Å². The largest absolute Gasteiger partial charge is 0.434 e. The second kappa shape index (κ2) is 6.62. The van der Waals surface area contributed by atoms with E-state index in [-0.39, 0.29) is 11.3 Å². The van der Waals surface area contributed by atoms with E-state index in [4.69, 9.17) is 0 Å². The molecule has 0 aliphatic rings. The SMILES string of the molecule is Cn1c(-c2ccc(C=O)c(OC(F)F)c2)cnc1-c1ccccc1. The molecule has 0 bridgehead atoms. The van der Waals surface area contributed by atoms with E-state index in [0.717, 1.165) is 17.1 Å². The van der Waals surface area contributed by atoms with Crippen LogP contribution >= 0.6 is 0 Å². The van der Waals surface area contributed by atoms with E-state index in [1.807, 2.05) is 41.9 Å². The van der Waals surface area contributed by atoms with Gasteiger partial charge in [-0.25, -0.2) is 4.98 Å². The summed E-state index contributed by atoms with van der Waals surface area (Å²) in [5.74, 6) is 0.598. The second-order valence-corrected chi connectivity index (χ2v) is 5.14. The predicted molar refractivity (Wildman–Crippen MR) is 86.1 cm³/mol. The van der Waals surface area contributed by atoms with Gasteiger partial charge < -0.3 is 9.30 Å². The molecule has 0 radical (unpaired) electrons. The predicted octanol–water partition coefficient (Wildman–Crippen LogP) is 4.17. The van der Waals surface area contributed by atoms with Crippen LogP contribution in [0, 0.1) is 0 Å². The molecule has 1 aromatic heterocycles. The molecule has 0 unspecified atom stereocenters. The summed E-state index contributed by atoms with van der Waals surface area (Å²) in [5, 5.41) is 0. The Kier molecular flexibility index (Phi) is 4.37. The Balaban J connectivity index is 2.04. The molecular formula is C18H14F2N2O2. The number of alkyl halides is 2. The minimum absolute atomic E-state index is 0.0736. The average Bonchev–Trinajstić information content (AvgIpc) is 2.96. The third-order valence-corrected chi connectivity index (χ3v) is 3.67. The molecule has 0 amide bonds. The fraction of sp³-hybridized carbons (Fsp3) is 0.111. The van der Waals surface area contributed by atoms with Gasteiger partial charge in [-0.15, -0.1) is 0 Å². The van der Waals surface area contributed by atoms with Crippen molar-refractivity contribution in [2.75, 3.05) is 0 Å². The maximum Gasteiger partial charge on any atom is 0.387 e. The lowest BCUT2D eigenvalue weighted by molar-refractivity contribution is -0.0500. The number of aldehydes is 1. The molecule has 24 heavy (non-hydrogen) atoms. The first-order chi connectivity index (χ1) is 11.6.